The van der Waals surface area contributed by atoms with Gasteiger partial charge in [-0.2, -0.15) is 18.3 Å². The highest BCUT2D eigenvalue weighted by molar-refractivity contribution is 7.89. The minimum atomic E-state index is -4.61. The molecular formula is C11H17F3N4O2S. The highest BCUT2D eigenvalue weighted by Gasteiger charge is 2.36. The molecule has 0 atom stereocenters. The molecule has 0 aliphatic heterocycles. The molecule has 0 saturated carbocycles. The highest BCUT2D eigenvalue weighted by atomic mass is 32.2. The van der Waals surface area contributed by atoms with Gasteiger partial charge in [-0.1, -0.05) is 13.8 Å². The van der Waals surface area contributed by atoms with Crippen LogP contribution in [-0.2, 0) is 16.2 Å². The van der Waals surface area contributed by atoms with E-state index in [2.05, 4.69) is 10.2 Å². The van der Waals surface area contributed by atoms with Crippen molar-refractivity contribution in [1.29, 1.82) is 0 Å². The van der Waals surface area contributed by atoms with E-state index in [1.54, 1.807) is 13.8 Å². The first kappa shape index (κ1) is 17.6. The van der Waals surface area contributed by atoms with Crippen molar-refractivity contribution in [3.05, 3.63) is 17.3 Å². The predicted molar refractivity (Wildman–Crippen MR) is 72.4 cm³/mol. The number of halogens is 3. The van der Waals surface area contributed by atoms with Gasteiger partial charge in [0.15, 0.2) is 5.82 Å². The lowest BCUT2D eigenvalue weighted by Crippen LogP contribution is -2.31. The zero-order valence-electron chi connectivity index (χ0n) is 11.8. The number of sulfonamides is 1. The Morgan fingerprint density at radius 3 is 2.33 bits per heavy atom. The van der Waals surface area contributed by atoms with Crippen molar-refractivity contribution in [1.82, 2.24) is 10.2 Å². The van der Waals surface area contributed by atoms with E-state index in [1.165, 1.54) is 7.05 Å². The molecule has 0 radical (unpaired) electrons. The molecule has 6 nitrogen and oxygen atoms in total. The molecule has 1 aromatic heterocycles. The summed E-state index contributed by atoms with van der Waals surface area (Å²) >= 11 is 0. The molecule has 0 bridgehead atoms. The van der Waals surface area contributed by atoms with Gasteiger partial charge in [-0.3, -0.25) is 0 Å². The molecule has 0 aromatic carbocycles. The van der Waals surface area contributed by atoms with E-state index >= 15 is 0 Å². The van der Waals surface area contributed by atoms with Crippen LogP contribution in [0, 0.1) is 0 Å². The standard InChI is InChI=1S/C11H17F3N4O2S/c1-7(2)9-6-8(11(12,13)14)10(17-16-9)18(3)4-5-21(15,19)20/h6-7H,4-5H2,1-3H3,(H2,15,19,20). The lowest BCUT2D eigenvalue weighted by Gasteiger charge is -2.22. The first-order valence-electron chi connectivity index (χ1n) is 6.08. The second kappa shape index (κ2) is 6.14. The summed E-state index contributed by atoms with van der Waals surface area (Å²) in [6.07, 6.45) is -4.61. The fourth-order valence-corrected chi connectivity index (χ4v) is 2.07. The SMILES string of the molecule is CC(C)c1cc(C(F)(F)F)c(N(C)CCS(N)(=O)=O)nn1. The number of rotatable bonds is 5. The molecule has 0 amide bonds. The van der Waals surface area contributed by atoms with Crippen molar-refractivity contribution in [2.45, 2.75) is 25.9 Å². The lowest BCUT2D eigenvalue weighted by atomic mass is 10.1. The summed E-state index contributed by atoms with van der Waals surface area (Å²) in [5.74, 6) is -1.10. The maximum Gasteiger partial charge on any atom is 0.420 e. The molecule has 1 rings (SSSR count). The maximum absolute atomic E-state index is 13.1. The van der Waals surface area contributed by atoms with E-state index in [9.17, 15) is 21.6 Å². The Balaban J connectivity index is 3.16. The molecule has 0 aliphatic carbocycles. The molecule has 21 heavy (non-hydrogen) atoms. The second-order valence-electron chi connectivity index (χ2n) is 4.95. The van der Waals surface area contributed by atoms with E-state index < -0.39 is 33.3 Å². The number of anilines is 1. The number of alkyl halides is 3. The Bertz CT molecular complexity index is 602. The van der Waals surface area contributed by atoms with Crippen LogP contribution in [0.5, 0.6) is 0 Å². The average molecular weight is 326 g/mol. The van der Waals surface area contributed by atoms with Crippen LogP contribution in [0.2, 0.25) is 0 Å². The van der Waals surface area contributed by atoms with E-state index in [4.69, 9.17) is 5.14 Å². The molecule has 1 aromatic rings. The number of primary sulfonamides is 1. The number of aromatic nitrogens is 2. The van der Waals surface area contributed by atoms with Gasteiger partial charge in [-0.15, -0.1) is 5.10 Å². The van der Waals surface area contributed by atoms with Gasteiger partial charge < -0.3 is 4.90 Å². The van der Waals surface area contributed by atoms with Crippen LogP contribution in [0.15, 0.2) is 6.07 Å². The molecule has 0 spiro atoms. The van der Waals surface area contributed by atoms with Crippen LogP contribution >= 0.6 is 0 Å². The van der Waals surface area contributed by atoms with E-state index in [-0.39, 0.29) is 18.2 Å². The number of hydrogen-bond donors (Lipinski definition) is 1. The van der Waals surface area contributed by atoms with Crippen molar-refractivity contribution >= 4 is 15.8 Å². The van der Waals surface area contributed by atoms with E-state index in [0.717, 1.165) is 11.0 Å². The summed E-state index contributed by atoms with van der Waals surface area (Å²) in [5.41, 5.74) is -0.732. The Morgan fingerprint density at radius 2 is 1.90 bits per heavy atom. The van der Waals surface area contributed by atoms with Gasteiger partial charge in [0, 0.05) is 13.6 Å². The molecule has 0 fully saturated rings. The summed E-state index contributed by atoms with van der Waals surface area (Å²) in [6.45, 7) is 3.20. The molecule has 2 N–H and O–H groups in total. The quantitative estimate of drug-likeness (QED) is 0.882. The van der Waals surface area contributed by atoms with Gasteiger partial charge in [-0.05, 0) is 12.0 Å². The number of nitrogens with two attached hydrogens (primary N) is 1. The van der Waals surface area contributed by atoms with Gasteiger partial charge >= 0.3 is 6.18 Å². The van der Waals surface area contributed by atoms with Gasteiger partial charge in [0.05, 0.1) is 11.4 Å². The zero-order valence-corrected chi connectivity index (χ0v) is 12.7. The monoisotopic (exact) mass is 326 g/mol. The zero-order chi connectivity index (χ0) is 16.4. The minimum absolute atomic E-state index is 0.206. The summed E-state index contributed by atoms with van der Waals surface area (Å²) in [7, 11) is -2.46. The maximum atomic E-state index is 13.1. The number of hydrogen-bond acceptors (Lipinski definition) is 5. The molecule has 120 valence electrons. The summed E-state index contributed by atoms with van der Waals surface area (Å²) in [5, 5.41) is 12.2. The van der Waals surface area contributed by atoms with E-state index in [0.29, 0.717) is 0 Å². The fraction of sp³-hybridized carbons (Fsp3) is 0.636. The third-order valence-electron chi connectivity index (χ3n) is 2.76. The highest BCUT2D eigenvalue weighted by Crippen LogP contribution is 2.35. The van der Waals surface area contributed by atoms with Crippen molar-refractivity contribution in [2.24, 2.45) is 5.14 Å². The first-order valence-corrected chi connectivity index (χ1v) is 7.80. The van der Waals surface area contributed by atoms with Crippen molar-refractivity contribution < 1.29 is 21.6 Å². The van der Waals surface area contributed by atoms with Crippen LogP contribution in [0.25, 0.3) is 0 Å². The number of nitrogens with zero attached hydrogens (tertiary/aromatic N) is 3. The molecule has 10 heteroatoms. The Labute approximate surface area is 121 Å². The largest absolute Gasteiger partial charge is 0.420 e. The van der Waals surface area contributed by atoms with Crippen molar-refractivity contribution in [2.75, 3.05) is 24.2 Å². The lowest BCUT2D eigenvalue weighted by molar-refractivity contribution is -0.137. The first-order chi connectivity index (χ1) is 9.42. The third-order valence-corrected chi connectivity index (χ3v) is 3.51. The Morgan fingerprint density at radius 1 is 1.33 bits per heavy atom. The third kappa shape index (κ3) is 5.12. The molecular weight excluding hydrogens is 309 g/mol. The van der Waals surface area contributed by atoms with Crippen molar-refractivity contribution in [3.8, 4) is 0 Å². The van der Waals surface area contributed by atoms with E-state index in [1.807, 2.05) is 0 Å². The Hall–Kier alpha value is -1.42. The Kier molecular flexibility index (Phi) is 5.16. The van der Waals surface area contributed by atoms with Gasteiger partial charge in [-0.25, -0.2) is 13.6 Å². The molecule has 0 unspecified atom stereocenters. The minimum Gasteiger partial charge on any atom is -0.357 e. The summed E-state index contributed by atoms with van der Waals surface area (Å²) < 4.78 is 61.0. The van der Waals surface area contributed by atoms with Crippen LogP contribution in [0.3, 0.4) is 0 Å². The topological polar surface area (TPSA) is 89.2 Å². The van der Waals surface area contributed by atoms with Crippen molar-refractivity contribution in [3.63, 3.8) is 0 Å². The summed E-state index contributed by atoms with van der Waals surface area (Å²) in [4.78, 5) is 1.07. The second-order valence-corrected chi connectivity index (χ2v) is 6.68. The van der Waals surface area contributed by atoms with Crippen LogP contribution in [-0.4, -0.2) is 38.0 Å². The smallest absolute Gasteiger partial charge is 0.357 e. The van der Waals surface area contributed by atoms with Crippen LogP contribution < -0.4 is 10.0 Å². The molecule has 0 aliphatic rings. The summed E-state index contributed by atoms with van der Waals surface area (Å²) in [6, 6.07) is 0.931. The normalized spacial score (nSPS) is 12.8. The van der Waals surface area contributed by atoms with Gasteiger partial charge in [0.1, 0.15) is 5.56 Å². The fourth-order valence-electron chi connectivity index (χ4n) is 1.54. The molecule has 1 heterocycles. The van der Waals surface area contributed by atoms with Crippen LogP contribution in [0.1, 0.15) is 31.0 Å². The van der Waals surface area contributed by atoms with Gasteiger partial charge in [0.25, 0.3) is 0 Å². The van der Waals surface area contributed by atoms with Crippen LogP contribution in [0.4, 0.5) is 19.0 Å². The van der Waals surface area contributed by atoms with Gasteiger partial charge in [0.2, 0.25) is 10.0 Å². The predicted octanol–water partition coefficient (Wildman–Crippen LogP) is 1.34. The average Bonchev–Trinajstić information content (AvgIpc) is 2.33. The molecule has 0 saturated heterocycles.